The molecule has 0 aromatic carbocycles. The van der Waals surface area contributed by atoms with Crippen molar-refractivity contribution < 1.29 is 4.79 Å². The first-order valence-corrected chi connectivity index (χ1v) is 7.09. The van der Waals surface area contributed by atoms with E-state index in [4.69, 9.17) is 5.73 Å². The Morgan fingerprint density at radius 1 is 1.45 bits per heavy atom. The molecule has 0 fully saturated rings. The second kappa shape index (κ2) is 5.66. The predicted octanol–water partition coefficient (Wildman–Crippen LogP) is 3.37. The summed E-state index contributed by atoms with van der Waals surface area (Å²) in [5.74, 6) is 0.301. The molecule has 0 radical (unpaired) electrons. The molecule has 0 unspecified atom stereocenters. The van der Waals surface area contributed by atoms with Crippen LogP contribution in [0.4, 0.5) is 11.5 Å². The van der Waals surface area contributed by atoms with Crippen LogP contribution in [0.3, 0.4) is 0 Å². The lowest BCUT2D eigenvalue weighted by atomic mass is 10.3. The van der Waals surface area contributed by atoms with Gasteiger partial charge in [0.2, 0.25) is 0 Å². The molecule has 0 bridgehead atoms. The Labute approximate surface area is 126 Å². The number of nitrogens with one attached hydrogen (secondary N) is 1. The number of nitrogens with two attached hydrogens (primary N) is 1. The quantitative estimate of drug-likeness (QED) is 0.902. The van der Waals surface area contributed by atoms with Gasteiger partial charge in [-0.25, -0.2) is 4.98 Å². The van der Waals surface area contributed by atoms with Gasteiger partial charge in [-0.2, -0.15) is 0 Å². The number of aromatic nitrogens is 2. The Balaban J connectivity index is 2.26. The molecule has 2 aromatic rings. The van der Waals surface area contributed by atoms with E-state index in [1.54, 1.807) is 18.3 Å². The van der Waals surface area contributed by atoms with Crippen LogP contribution in [0.5, 0.6) is 0 Å². The van der Waals surface area contributed by atoms with E-state index in [-0.39, 0.29) is 11.9 Å². The highest BCUT2D eigenvalue weighted by Gasteiger charge is 2.15. The van der Waals surface area contributed by atoms with Crippen LogP contribution < -0.4 is 11.1 Å². The van der Waals surface area contributed by atoms with Gasteiger partial charge in [0.15, 0.2) is 0 Å². The molecule has 0 atom stereocenters. The van der Waals surface area contributed by atoms with E-state index < -0.39 is 0 Å². The average molecular weight is 337 g/mol. The van der Waals surface area contributed by atoms with Gasteiger partial charge in [-0.3, -0.25) is 4.79 Å². The van der Waals surface area contributed by atoms with Crippen molar-refractivity contribution in [2.24, 2.45) is 0 Å². The second-order valence-corrected chi connectivity index (χ2v) is 5.73. The predicted molar refractivity (Wildman–Crippen MR) is 83.9 cm³/mol. The van der Waals surface area contributed by atoms with E-state index in [2.05, 4.69) is 26.2 Å². The van der Waals surface area contributed by atoms with Crippen LogP contribution in [0, 0.1) is 6.92 Å². The number of hydrogen-bond acceptors (Lipinski definition) is 3. The van der Waals surface area contributed by atoms with Crippen molar-refractivity contribution in [1.29, 1.82) is 0 Å². The van der Waals surface area contributed by atoms with Crippen molar-refractivity contribution >= 4 is 33.3 Å². The molecule has 2 aromatic heterocycles. The van der Waals surface area contributed by atoms with E-state index in [0.717, 1.165) is 10.2 Å². The van der Waals surface area contributed by atoms with E-state index >= 15 is 0 Å². The summed E-state index contributed by atoms with van der Waals surface area (Å²) >= 11 is 3.38. The molecule has 0 spiro atoms. The summed E-state index contributed by atoms with van der Waals surface area (Å²) in [5, 5.41) is 2.79. The smallest absolute Gasteiger partial charge is 0.273 e. The maximum absolute atomic E-state index is 12.3. The van der Waals surface area contributed by atoms with Gasteiger partial charge in [0.05, 0.1) is 11.4 Å². The van der Waals surface area contributed by atoms with E-state index in [1.165, 1.54) is 0 Å². The fourth-order valence-corrected chi connectivity index (χ4v) is 2.12. The van der Waals surface area contributed by atoms with Gasteiger partial charge in [0, 0.05) is 16.7 Å². The molecular weight excluding hydrogens is 320 g/mol. The van der Waals surface area contributed by atoms with E-state index in [1.807, 2.05) is 31.4 Å². The zero-order valence-electron chi connectivity index (χ0n) is 11.6. The van der Waals surface area contributed by atoms with Gasteiger partial charge in [-0.15, -0.1) is 0 Å². The molecule has 2 rings (SSSR count). The number of nitrogens with zero attached hydrogens (tertiary/aromatic N) is 2. The highest BCUT2D eigenvalue weighted by atomic mass is 79.9. The van der Waals surface area contributed by atoms with Crippen molar-refractivity contribution in [2.45, 2.75) is 26.8 Å². The first-order valence-electron chi connectivity index (χ1n) is 6.30. The Morgan fingerprint density at radius 3 is 2.75 bits per heavy atom. The molecule has 3 N–H and O–H groups in total. The molecule has 0 saturated carbocycles. The van der Waals surface area contributed by atoms with Crippen molar-refractivity contribution in [2.75, 3.05) is 11.1 Å². The number of hydrogen-bond donors (Lipinski definition) is 2. The number of aryl methyl sites for hydroxylation is 1. The molecule has 2 heterocycles. The van der Waals surface area contributed by atoms with Crippen molar-refractivity contribution in [3.8, 4) is 0 Å². The van der Waals surface area contributed by atoms with Crippen LogP contribution in [0.1, 0.15) is 36.1 Å². The molecule has 5 nitrogen and oxygen atoms in total. The standard InChI is InChI=1S/C14H17BrN4O/c1-8(2)19-7-10(16)6-12(19)14(20)18-13-5-4-11(15)9(3)17-13/h4-8H,16H2,1-3H3,(H,17,18,20). The summed E-state index contributed by atoms with van der Waals surface area (Å²) in [5.41, 5.74) is 7.69. The highest BCUT2D eigenvalue weighted by Crippen LogP contribution is 2.19. The molecule has 6 heteroatoms. The van der Waals surface area contributed by atoms with Crippen LogP contribution in [-0.2, 0) is 0 Å². The minimum absolute atomic E-state index is 0.160. The molecule has 106 valence electrons. The fraction of sp³-hybridized carbons (Fsp3) is 0.286. The first kappa shape index (κ1) is 14.6. The van der Waals surface area contributed by atoms with E-state index in [9.17, 15) is 4.79 Å². The lowest BCUT2D eigenvalue weighted by Gasteiger charge is -2.12. The number of anilines is 2. The van der Waals surface area contributed by atoms with Crippen LogP contribution in [-0.4, -0.2) is 15.5 Å². The second-order valence-electron chi connectivity index (χ2n) is 4.88. The van der Waals surface area contributed by atoms with Gasteiger partial charge in [0.25, 0.3) is 5.91 Å². The number of halogens is 1. The molecule has 1 amide bonds. The summed E-state index contributed by atoms with van der Waals surface area (Å²) in [6.07, 6.45) is 1.76. The number of carbonyl (C=O) groups excluding carboxylic acids is 1. The maximum atomic E-state index is 12.3. The van der Waals surface area contributed by atoms with Crippen molar-refractivity contribution in [3.05, 3.63) is 40.3 Å². The van der Waals surface area contributed by atoms with Crippen molar-refractivity contribution in [3.63, 3.8) is 0 Å². The molecule has 0 aliphatic rings. The third-order valence-electron chi connectivity index (χ3n) is 2.92. The number of pyridine rings is 1. The van der Waals surface area contributed by atoms with Crippen LogP contribution in [0.25, 0.3) is 0 Å². The maximum Gasteiger partial charge on any atom is 0.273 e. The van der Waals surface area contributed by atoms with Gasteiger partial charge >= 0.3 is 0 Å². The van der Waals surface area contributed by atoms with Gasteiger partial charge in [-0.05, 0) is 54.9 Å². The zero-order valence-corrected chi connectivity index (χ0v) is 13.2. The topological polar surface area (TPSA) is 72.9 Å². The number of nitrogen functional groups attached to an aromatic ring is 1. The summed E-state index contributed by atoms with van der Waals surface area (Å²) in [6, 6.07) is 5.43. The van der Waals surface area contributed by atoms with Crippen LogP contribution in [0.15, 0.2) is 28.9 Å². The minimum atomic E-state index is -0.218. The molecular formula is C14H17BrN4O. The first-order chi connectivity index (χ1) is 9.38. The minimum Gasteiger partial charge on any atom is -0.397 e. The molecule has 0 aliphatic heterocycles. The SMILES string of the molecule is Cc1nc(NC(=O)c2cc(N)cn2C(C)C)ccc1Br. The van der Waals surface area contributed by atoms with Crippen molar-refractivity contribution in [1.82, 2.24) is 9.55 Å². The largest absolute Gasteiger partial charge is 0.397 e. The molecule has 0 saturated heterocycles. The van der Waals surface area contributed by atoms with Gasteiger partial charge in [-0.1, -0.05) is 0 Å². The molecule has 0 aliphatic carbocycles. The Morgan fingerprint density at radius 2 is 2.15 bits per heavy atom. The van der Waals surface area contributed by atoms with Crippen LogP contribution >= 0.6 is 15.9 Å². The number of carbonyl (C=O) groups is 1. The van der Waals surface area contributed by atoms with Gasteiger partial charge < -0.3 is 15.6 Å². The van der Waals surface area contributed by atoms with Crippen LogP contribution in [0.2, 0.25) is 0 Å². The zero-order chi connectivity index (χ0) is 14.9. The number of amides is 1. The summed E-state index contributed by atoms with van der Waals surface area (Å²) < 4.78 is 2.75. The van der Waals surface area contributed by atoms with E-state index in [0.29, 0.717) is 17.2 Å². The van der Waals surface area contributed by atoms with Gasteiger partial charge in [0.1, 0.15) is 11.5 Å². The summed E-state index contributed by atoms with van der Waals surface area (Å²) in [6.45, 7) is 5.87. The highest BCUT2D eigenvalue weighted by molar-refractivity contribution is 9.10. The fourth-order valence-electron chi connectivity index (χ4n) is 1.90. The Kier molecular flexibility index (Phi) is 4.13. The average Bonchev–Trinajstić information content (AvgIpc) is 2.76. The lowest BCUT2D eigenvalue weighted by Crippen LogP contribution is -2.18. The third-order valence-corrected chi connectivity index (χ3v) is 3.76. The molecule has 20 heavy (non-hydrogen) atoms. The summed E-state index contributed by atoms with van der Waals surface area (Å²) in [4.78, 5) is 16.6. The monoisotopic (exact) mass is 336 g/mol. The lowest BCUT2D eigenvalue weighted by molar-refractivity contribution is 0.101. The Hall–Kier alpha value is -1.82. The third kappa shape index (κ3) is 3.01. The normalized spacial score (nSPS) is 10.8. The number of rotatable bonds is 3. The summed E-state index contributed by atoms with van der Waals surface area (Å²) in [7, 11) is 0. The Bertz CT molecular complexity index is 649.